The monoisotopic (exact) mass is 504 g/mol. The molecular weight excluding hydrogens is 483 g/mol. The summed E-state index contributed by atoms with van der Waals surface area (Å²) in [4.78, 5) is 26.8. The highest BCUT2D eigenvalue weighted by molar-refractivity contribution is 8.00. The molecule has 176 valence electrons. The van der Waals surface area contributed by atoms with Crippen LogP contribution in [0, 0.1) is 12.7 Å². The van der Waals surface area contributed by atoms with Gasteiger partial charge in [0.05, 0.1) is 5.02 Å². The fraction of sp³-hybridized carbons (Fsp3) is 0.0714. The highest BCUT2D eigenvalue weighted by Crippen LogP contribution is 2.37. The maximum absolute atomic E-state index is 13.5. The van der Waals surface area contributed by atoms with Crippen molar-refractivity contribution in [3.63, 3.8) is 0 Å². The van der Waals surface area contributed by atoms with Gasteiger partial charge in [-0.25, -0.2) is 4.39 Å². The van der Waals surface area contributed by atoms with Gasteiger partial charge >= 0.3 is 0 Å². The Balaban J connectivity index is 1.55. The van der Waals surface area contributed by atoms with Gasteiger partial charge in [0.25, 0.3) is 5.91 Å². The third-order valence-electron chi connectivity index (χ3n) is 5.26. The Bertz CT molecular complexity index is 1360. The number of benzene rings is 4. The molecule has 0 radical (unpaired) electrons. The van der Waals surface area contributed by atoms with E-state index in [1.54, 1.807) is 12.1 Å². The Morgan fingerprint density at radius 3 is 2.29 bits per heavy atom. The van der Waals surface area contributed by atoms with Crippen molar-refractivity contribution < 1.29 is 14.0 Å². The number of amides is 2. The molecule has 1 atom stereocenters. The molecule has 4 aromatic rings. The molecule has 0 aromatic heterocycles. The van der Waals surface area contributed by atoms with Crippen molar-refractivity contribution in [3.8, 4) is 0 Å². The lowest BCUT2D eigenvalue weighted by molar-refractivity contribution is -0.115. The van der Waals surface area contributed by atoms with E-state index in [0.717, 1.165) is 16.0 Å². The number of thioether (sulfide) groups is 1. The van der Waals surface area contributed by atoms with Crippen LogP contribution in [-0.2, 0) is 4.79 Å². The summed E-state index contributed by atoms with van der Waals surface area (Å²) in [6, 6.07) is 28.1. The number of aryl methyl sites for hydroxylation is 1. The molecule has 0 spiro atoms. The largest absolute Gasteiger partial charge is 0.325 e. The summed E-state index contributed by atoms with van der Waals surface area (Å²) < 4.78 is 13.5. The predicted molar refractivity (Wildman–Crippen MR) is 141 cm³/mol. The van der Waals surface area contributed by atoms with Crippen LogP contribution < -0.4 is 10.6 Å². The Labute approximate surface area is 212 Å². The van der Waals surface area contributed by atoms with Gasteiger partial charge in [-0.2, -0.15) is 0 Å². The van der Waals surface area contributed by atoms with E-state index in [2.05, 4.69) is 10.6 Å². The van der Waals surface area contributed by atoms with E-state index >= 15 is 0 Å². The molecule has 35 heavy (non-hydrogen) atoms. The van der Waals surface area contributed by atoms with Crippen molar-refractivity contribution in [2.24, 2.45) is 0 Å². The number of carbonyl (C=O) groups is 2. The molecule has 4 nitrogen and oxygen atoms in total. The molecule has 0 aliphatic rings. The Morgan fingerprint density at radius 2 is 1.54 bits per heavy atom. The average molecular weight is 505 g/mol. The van der Waals surface area contributed by atoms with Crippen molar-refractivity contribution in [2.75, 3.05) is 10.6 Å². The number of rotatable bonds is 7. The van der Waals surface area contributed by atoms with E-state index in [1.807, 2.05) is 73.7 Å². The Hall–Kier alpha value is -3.61. The molecule has 0 fully saturated rings. The van der Waals surface area contributed by atoms with Crippen molar-refractivity contribution in [2.45, 2.75) is 17.1 Å². The smallest absolute Gasteiger partial charge is 0.255 e. The van der Waals surface area contributed by atoms with Gasteiger partial charge in [-0.15, -0.1) is 11.8 Å². The quantitative estimate of drug-likeness (QED) is 0.256. The third kappa shape index (κ3) is 6.29. The zero-order valence-corrected chi connectivity index (χ0v) is 20.4. The van der Waals surface area contributed by atoms with Crippen molar-refractivity contribution in [1.82, 2.24) is 0 Å². The van der Waals surface area contributed by atoms with Crippen LogP contribution in [0.2, 0.25) is 5.02 Å². The molecular formula is C28H22ClFN2O2S. The van der Waals surface area contributed by atoms with Gasteiger partial charge in [-0.05, 0) is 60.5 Å². The van der Waals surface area contributed by atoms with Crippen molar-refractivity contribution in [3.05, 3.63) is 125 Å². The van der Waals surface area contributed by atoms with Gasteiger partial charge in [0, 0.05) is 21.8 Å². The van der Waals surface area contributed by atoms with E-state index in [1.165, 1.54) is 30.0 Å². The first kappa shape index (κ1) is 24.5. The minimum Gasteiger partial charge on any atom is -0.325 e. The Kier molecular flexibility index (Phi) is 7.85. The summed E-state index contributed by atoms with van der Waals surface area (Å²) in [7, 11) is 0. The molecule has 0 saturated carbocycles. The van der Waals surface area contributed by atoms with Crippen LogP contribution in [0.1, 0.15) is 26.7 Å². The second kappa shape index (κ2) is 11.2. The highest BCUT2D eigenvalue weighted by atomic mass is 35.5. The van der Waals surface area contributed by atoms with Crippen LogP contribution in [0.25, 0.3) is 0 Å². The SMILES string of the molecule is Cc1ccccc1C(=O)Nc1cccc(SC(C(=O)Nc2ccc(F)c(Cl)c2)c2ccccc2)c1. The summed E-state index contributed by atoms with van der Waals surface area (Å²) >= 11 is 7.22. The third-order valence-corrected chi connectivity index (χ3v) is 6.80. The predicted octanol–water partition coefficient (Wildman–Crippen LogP) is 7.51. The average Bonchev–Trinajstić information content (AvgIpc) is 2.86. The summed E-state index contributed by atoms with van der Waals surface area (Å²) in [6.07, 6.45) is 0. The molecule has 0 aliphatic carbocycles. The van der Waals surface area contributed by atoms with Crippen LogP contribution >= 0.6 is 23.4 Å². The first-order valence-electron chi connectivity index (χ1n) is 10.9. The molecule has 0 heterocycles. The van der Waals surface area contributed by atoms with Crippen LogP contribution in [0.4, 0.5) is 15.8 Å². The molecule has 4 aromatic carbocycles. The first-order valence-corrected chi connectivity index (χ1v) is 12.1. The lowest BCUT2D eigenvalue weighted by Gasteiger charge is -2.18. The molecule has 4 rings (SSSR count). The fourth-order valence-electron chi connectivity index (χ4n) is 3.49. The van der Waals surface area contributed by atoms with Gasteiger partial charge < -0.3 is 10.6 Å². The summed E-state index contributed by atoms with van der Waals surface area (Å²) in [6.45, 7) is 1.89. The second-order valence-electron chi connectivity index (χ2n) is 7.82. The molecule has 2 amide bonds. The molecule has 2 N–H and O–H groups in total. The summed E-state index contributed by atoms with van der Waals surface area (Å²) in [5.41, 5.74) is 3.32. The number of hydrogen-bond donors (Lipinski definition) is 2. The number of anilines is 2. The van der Waals surface area contributed by atoms with Crippen molar-refractivity contribution in [1.29, 1.82) is 0 Å². The Morgan fingerprint density at radius 1 is 0.829 bits per heavy atom. The minimum atomic E-state index is -0.595. The van der Waals surface area contributed by atoms with E-state index in [0.29, 0.717) is 16.9 Å². The van der Waals surface area contributed by atoms with E-state index in [9.17, 15) is 14.0 Å². The normalized spacial score (nSPS) is 11.5. The zero-order valence-electron chi connectivity index (χ0n) is 18.8. The van der Waals surface area contributed by atoms with Gasteiger partial charge in [-0.3, -0.25) is 9.59 Å². The van der Waals surface area contributed by atoms with E-state index in [-0.39, 0.29) is 16.8 Å². The van der Waals surface area contributed by atoms with Crippen LogP contribution in [-0.4, -0.2) is 11.8 Å². The van der Waals surface area contributed by atoms with Gasteiger partial charge in [0.15, 0.2) is 0 Å². The maximum atomic E-state index is 13.5. The van der Waals surface area contributed by atoms with Gasteiger partial charge in [-0.1, -0.05) is 66.2 Å². The number of carbonyl (C=O) groups excluding carboxylic acids is 2. The van der Waals surface area contributed by atoms with E-state index in [4.69, 9.17) is 11.6 Å². The maximum Gasteiger partial charge on any atom is 0.255 e. The topological polar surface area (TPSA) is 58.2 Å². The van der Waals surface area contributed by atoms with E-state index < -0.39 is 11.1 Å². The molecule has 7 heteroatoms. The molecule has 1 unspecified atom stereocenters. The van der Waals surface area contributed by atoms with Gasteiger partial charge in [0.2, 0.25) is 5.91 Å². The van der Waals surface area contributed by atoms with Crippen LogP contribution in [0.3, 0.4) is 0 Å². The van der Waals surface area contributed by atoms with Crippen molar-refractivity contribution >= 4 is 46.6 Å². The number of halogens is 2. The second-order valence-corrected chi connectivity index (χ2v) is 9.41. The number of hydrogen-bond acceptors (Lipinski definition) is 3. The molecule has 0 saturated heterocycles. The first-order chi connectivity index (χ1) is 16.9. The van der Waals surface area contributed by atoms with Crippen LogP contribution in [0.15, 0.2) is 102 Å². The van der Waals surface area contributed by atoms with Crippen LogP contribution in [0.5, 0.6) is 0 Å². The standard InChI is InChI=1S/C28H22ClFN2O2S/c1-18-8-5-6-13-23(18)27(33)31-20-11-7-12-22(16-20)35-26(19-9-3-2-4-10-19)28(34)32-21-14-15-25(30)24(29)17-21/h2-17,26H,1H3,(H,31,33)(H,32,34). The lowest BCUT2D eigenvalue weighted by atomic mass is 10.1. The zero-order chi connectivity index (χ0) is 24.8. The van der Waals surface area contributed by atoms with Gasteiger partial charge in [0.1, 0.15) is 11.1 Å². The molecule has 0 aliphatic heterocycles. The number of nitrogens with one attached hydrogen (secondary N) is 2. The molecule has 0 bridgehead atoms. The minimum absolute atomic E-state index is 0.0659. The lowest BCUT2D eigenvalue weighted by Crippen LogP contribution is -2.19. The fourth-order valence-corrected chi connectivity index (χ4v) is 4.76. The summed E-state index contributed by atoms with van der Waals surface area (Å²) in [5.74, 6) is -1.03. The summed E-state index contributed by atoms with van der Waals surface area (Å²) in [5, 5.41) is 5.09. The highest BCUT2D eigenvalue weighted by Gasteiger charge is 2.23.